The van der Waals surface area contributed by atoms with Gasteiger partial charge in [0.2, 0.25) is 0 Å². The number of aliphatic imine (C=N–C) groups is 1. The Kier molecular flexibility index (Phi) is 5.36. The van der Waals surface area contributed by atoms with Crippen LogP contribution in [-0.4, -0.2) is 74.1 Å². The molecule has 26 heavy (non-hydrogen) atoms. The first-order valence-corrected chi connectivity index (χ1v) is 10.8. The van der Waals surface area contributed by atoms with Crippen LogP contribution in [0.25, 0.3) is 0 Å². The van der Waals surface area contributed by atoms with Crippen LogP contribution >= 0.6 is 11.3 Å². The third-order valence-electron chi connectivity index (χ3n) is 6.35. The van der Waals surface area contributed by atoms with E-state index in [1.807, 2.05) is 21.1 Å². The van der Waals surface area contributed by atoms with E-state index in [1.165, 1.54) is 38.8 Å². The van der Waals surface area contributed by atoms with Gasteiger partial charge < -0.3 is 15.1 Å². The van der Waals surface area contributed by atoms with Crippen LogP contribution in [0.2, 0.25) is 0 Å². The molecule has 3 atom stereocenters. The highest BCUT2D eigenvalue weighted by Crippen LogP contribution is 2.46. The van der Waals surface area contributed by atoms with Crippen molar-refractivity contribution in [2.45, 2.75) is 38.3 Å². The third kappa shape index (κ3) is 3.69. The van der Waals surface area contributed by atoms with Crippen molar-refractivity contribution in [2.24, 2.45) is 16.8 Å². The number of nitrogens with zero attached hydrogens (tertiary/aromatic N) is 5. The highest BCUT2D eigenvalue weighted by molar-refractivity contribution is 7.13. The van der Waals surface area contributed by atoms with Gasteiger partial charge in [0.15, 0.2) is 11.1 Å². The van der Waals surface area contributed by atoms with Gasteiger partial charge >= 0.3 is 0 Å². The Morgan fingerprint density at radius 2 is 2.08 bits per heavy atom. The maximum Gasteiger partial charge on any atom is 0.194 e. The van der Waals surface area contributed by atoms with E-state index in [9.17, 15) is 0 Å². The number of nitrogens with one attached hydrogen (secondary N) is 1. The summed E-state index contributed by atoms with van der Waals surface area (Å²) >= 11 is 1.69. The van der Waals surface area contributed by atoms with Crippen LogP contribution < -0.4 is 10.2 Å². The number of hydrogen-bond acceptors (Lipinski definition) is 5. The van der Waals surface area contributed by atoms with Crippen LogP contribution in [0.5, 0.6) is 0 Å². The summed E-state index contributed by atoms with van der Waals surface area (Å²) in [6.45, 7) is 5.25. The molecule has 3 unspecified atom stereocenters. The van der Waals surface area contributed by atoms with Gasteiger partial charge in [0.1, 0.15) is 0 Å². The predicted octanol–water partition coefficient (Wildman–Crippen LogP) is 2.09. The van der Waals surface area contributed by atoms with Crippen molar-refractivity contribution in [1.82, 2.24) is 20.1 Å². The lowest BCUT2D eigenvalue weighted by Crippen LogP contribution is -2.55. The number of fused-ring (bicyclic) bond motifs is 2. The summed E-state index contributed by atoms with van der Waals surface area (Å²) in [5, 5.41) is 6.68. The largest absolute Gasteiger partial charge is 0.354 e. The van der Waals surface area contributed by atoms with Crippen molar-refractivity contribution in [2.75, 3.05) is 52.2 Å². The van der Waals surface area contributed by atoms with Gasteiger partial charge in [-0.25, -0.2) is 4.98 Å². The molecule has 2 bridgehead atoms. The molecule has 3 aliphatic rings. The number of piperazine rings is 1. The Morgan fingerprint density at radius 1 is 1.27 bits per heavy atom. The lowest BCUT2D eigenvalue weighted by molar-refractivity contribution is 0.0958. The summed E-state index contributed by atoms with van der Waals surface area (Å²) in [7, 11) is 5.95. The normalized spacial score (nSPS) is 29.4. The fourth-order valence-electron chi connectivity index (χ4n) is 5.01. The molecule has 2 saturated carbocycles. The molecule has 1 N–H and O–H groups in total. The van der Waals surface area contributed by atoms with Gasteiger partial charge in [0.25, 0.3) is 0 Å². The first-order valence-electron chi connectivity index (χ1n) is 9.95. The molecule has 0 aromatic carbocycles. The van der Waals surface area contributed by atoms with Gasteiger partial charge in [-0.05, 0) is 31.1 Å². The summed E-state index contributed by atoms with van der Waals surface area (Å²) in [5.41, 5.74) is 1.08. The van der Waals surface area contributed by atoms with Crippen LogP contribution in [0.15, 0.2) is 10.4 Å². The molecule has 0 spiro atoms. The van der Waals surface area contributed by atoms with Gasteiger partial charge in [-0.2, -0.15) is 0 Å². The van der Waals surface area contributed by atoms with Crippen LogP contribution in [0, 0.1) is 11.8 Å². The Bertz CT molecular complexity index is 634. The van der Waals surface area contributed by atoms with Gasteiger partial charge in [0.05, 0.1) is 12.2 Å². The Hall–Kier alpha value is -1.34. The molecule has 0 amide bonds. The standard InChI is InChI=1S/C19H32N6S/c1-20-18(21-12-16-13-26-19(22-16)23(2)3)25-8-6-24(7-9-25)17-11-14-4-5-15(17)10-14/h13-15,17H,4-12H2,1-3H3,(H,20,21). The minimum absolute atomic E-state index is 0.740. The SMILES string of the molecule is CN=C(NCc1csc(N(C)C)n1)N1CCN(C2CC3CCC2C3)CC1. The van der Waals surface area contributed by atoms with Crippen molar-refractivity contribution < 1.29 is 0 Å². The van der Waals surface area contributed by atoms with Crippen LogP contribution in [0.3, 0.4) is 0 Å². The van der Waals surface area contributed by atoms with E-state index >= 15 is 0 Å². The number of aromatic nitrogens is 1. The van der Waals surface area contributed by atoms with E-state index < -0.39 is 0 Å². The molecular weight excluding hydrogens is 344 g/mol. The fourth-order valence-corrected chi connectivity index (χ4v) is 5.77. The van der Waals surface area contributed by atoms with Crippen LogP contribution in [-0.2, 0) is 6.54 Å². The van der Waals surface area contributed by atoms with Gasteiger partial charge in [-0.1, -0.05) is 6.42 Å². The quantitative estimate of drug-likeness (QED) is 0.644. The van der Waals surface area contributed by atoms with E-state index in [4.69, 9.17) is 0 Å². The van der Waals surface area contributed by atoms with E-state index in [-0.39, 0.29) is 0 Å². The summed E-state index contributed by atoms with van der Waals surface area (Å²) in [5.74, 6) is 3.03. The Morgan fingerprint density at radius 3 is 2.65 bits per heavy atom. The second-order valence-corrected chi connectivity index (χ2v) is 9.02. The highest BCUT2D eigenvalue weighted by atomic mass is 32.1. The van der Waals surface area contributed by atoms with Crippen molar-refractivity contribution in [3.05, 3.63) is 11.1 Å². The molecular formula is C19H32N6S. The monoisotopic (exact) mass is 376 g/mol. The second kappa shape index (κ2) is 7.72. The molecule has 0 radical (unpaired) electrons. The smallest absolute Gasteiger partial charge is 0.194 e. The van der Waals surface area contributed by atoms with E-state index in [0.29, 0.717) is 0 Å². The van der Waals surface area contributed by atoms with Crippen LogP contribution in [0.4, 0.5) is 5.13 Å². The molecule has 1 aromatic rings. The van der Waals surface area contributed by atoms with Crippen molar-refractivity contribution in [3.63, 3.8) is 0 Å². The summed E-state index contributed by atoms with van der Waals surface area (Å²) in [6, 6.07) is 0.866. The van der Waals surface area contributed by atoms with E-state index in [2.05, 4.69) is 35.4 Å². The molecule has 1 aromatic heterocycles. The average Bonchev–Trinajstić information content (AvgIpc) is 3.39. The lowest BCUT2D eigenvalue weighted by Gasteiger charge is -2.41. The number of thiazole rings is 1. The molecule has 4 rings (SSSR count). The summed E-state index contributed by atoms with van der Waals surface area (Å²) in [4.78, 5) is 16.4. The maximum absolute atomic E-state index is 4.65. The van der Waals surface area contributed by atoms with Crippen LogP contribution in [0.1, 0.15) is 31.4 Å². The molecule has 1 saturated heterocycles. The first-order chi connectivity index (χ1) is 12.6. The third-order valence-corrected chi connectivity index (χ3v) is 7.40. The first kappa shape index (κ1) is 18.0. The Balaban J connectivity index is 1.27. The van der Waals surface area contributed by atoms with Gasteiger partial charge in [-0.3, -0.25) is 9.89 Å². The summed E-state index contributed by atoms with van der Waals surface area (Å²) < 4.78 is 0. The average molecular weight is 377 g/mol. The highest BCUT2D eigenvalue weighted by Gasteiger charge is 2.42. The van der Waals surface area contributed by atoms with E-state index in [0.717, 1.165) is 54.3 Å². The fraction of sp³-hybridized carbons (Fsp3) is 0.789. The minimum atomic E-state index is 0.740. The molecule has 144 valence electrons. The van der Waals surface area contributed by atoms with Gasteiger partial charge in [0, 0.05) is 58.7 Å². The lowest BCUT2D eigenvalue weighted by atomic mass is 9.93. The molecule has 1 aliphatic heterocycles. The Labute approximate surface area is 161 Å². The zero-order chi connectivity index (χ0) is 18.1. The zero-order valence-corrected chi connectivity index (χ0v) is 17.1. The van der Waals surface area contributed by atoms with Gasteiger partial charge in [-0.15, -0.1) is 11.3 Å². The van der Waals surface area contributed by atoms with E-state index in [1.54, 1.807) is 11.3 Å². The number of anilines is 1. The summed E-state index contributed by atoms with van der Waals surface area (Å²) in [6.07, 6.45) is 5.91. The van der Waals surface area contributed by atoms with Crippen molar-refractivity contribution in [1.29, 1.82) is 0 Å². The topological polar surface area (TPSA) is 47.0 Å². The second-order valence-electron chi connectivity index (χ2n) is 8.18. The van der Waals surface area contributed by atoms with Crippen molar-refractivity contribution in [3.8, 4) is 0 Å². The molecule has 3 fully saturated rings. The number of hydrogen-bond donors (Lipinski definition) is 1. The zero-order valence-electron chi connectivity index (χ0n) is 16.3. The van der Waals surface area contributed by atoms with Crippen molar-refractivity contribution >= 4 is 22.4 Å². The maximum atomic E-state index is 4.65. The minimum Gasteiger partial charge on any atom is -0.354 e. The molecule has 2 aliphatic carbocycles. The molecule has 7 heteroatoms. The predicted molar refractivity (Wildman–Crippen MR) is 109 cm³/mol. The molecule has 2 heterocycles. The number of rotatable bonds is 4. The number of guanidine groups is 1. The molecule has 6 nitrogen and oxygen atoms in total.